The lowest BCUT2D eigenvalue weighted by Gasteiger charge is -2.25. The zero-order valence-electron chi connectivity index (χ0n) is 19.5. The largest absolute Gasteiger partial charge is 0.370 e. The molecular formula is C24H35Cl2N5O2. The highest BCUT2D eigenvalue weighted by atomic mass is 35.5. The molecule has 182 valence electrons. The van der Waals surface area contributed by atoms with E-state index in [1.165, 1.54) is 0 Å². The van der Waals surface area contributed by atoms with Crippen LogP contribution in [0.1, 0.15) is 40.9 Å². The summed E-state index contributed by atoms with van der Waals surface area (Å²) in [7, 11) is 0. The van der Waals surface area contributed by atoms with E-state index in [2.05, 4.69) is 21.3 Å². The molecule has 0 spiro atoms. The summed E-state index contributed by atoms with van der Waals surface area (Å²) >= 11 is 0. The number of nitrogens with zero attached hydrogens (tertiary/aromatic N) is 4. The number of carbonyl (C=O) groups excluding carboxylic acids is 1. The maximum atomic E-state index is 13.4. The fraction of sp³-hybridized carbons (Fsp3) is 0.542. The average Bonchev–Trinajstić information content (AvgIpc) is 3.03. The van der Waals surface area contributed by atoms with Crippen LogP contribution in [-0.4, -0.2) is 59.6 Å². The van der Waals surface area contributed by atoms with Crippen LogP contribution < -0.4 is 15.8 Å². The predicted molar refractivity (Wildman–Crippen MR) is 137 cm³/mol. The number of nitrogens with one attached hydrogen (secondary N) is 1. The SMILES string of the molecule is Cc1cc(N2CCCN(C(=O)c3c(C)ccn(CC4CCCNC4)c3=O)CC2)ccn1.Cl.Cl. The average molecular weight is 496 g/mol. The Hall–Kier alpha value is -2.09. The van der Waals surface area contributed by atoms with Gasteiger partial charge in [-0.25, -0.2) is 0 Å². The Labute approximate surface area is 208 Å². The van der Waals surface area contributed by atoms with E-state index in [9.17, 15) is 9.59 Å². The predicted octanol–water partition coefficient (Wildman–Crippen LogP) is 3.06. The van der Waals surface area contributed by atoms with Crippen molar-refractivity contribution in [2.24, 2.45) is 5.92 Å². The first-order valence-corrected chi connectivity index (χ1v) is 11.4. The summed E-state index contributed by atoms with van der Waals surface area (Å²) in [6.45, 7) is 9.42. The minimum atomic E-state index is -0.151. The maximum absolute atomic E-state index is 13.4. The van der Waals surface area contributed by atoms with E-state index in [4.69, 9.17) is 0 Å². The maximum Gasteiger partial charge on any atom is 0.263 e. The van der Waals surface area contributed by atoms with Gasteiger partial charge < -0.3 is 19.7 Å². The van der Waals surface area contributed by atoms with Gasteiger partial charge in [0.2, 0.25) is 0 Å². The summed E-state index contributed by atoms with van der Waals surface area (Å²) in [5.41, 5.74) is 3.07. The van der Waals surface area contributed by atoms with Crippen LogP contribution in [0.2, 0.25) is 0 Å². The Morgan fingerprint density at radius 1 is 1.12 bits per heavy atom. The highest BCUT2D eigenvalue weighted by molar-refractivity contribution is 5.95. The van der Waals surface area contributed by atoms with Gasteiger partial charge in [0.25, 0.3) is 11.5 Å². The molecule has 2 aromatic heterocycles. The second-order valence-corrected chi connectivity index (χ2v) is 8.83. The number of carbonyl (C=O) groups is 1. The first kappa shape index (κ1) is 27.2. The van der Waals surface area contributed by atoms with Crippen LogP contribution in [0.5, 0.6) is 0 Å². The molecule has 1 unspecified atom stereocenters. The molecule has 2 aromatic rings. The third kappa shape index (κ3) is 6.49. The molecule has 7 nitrogen and oxygen atoms in total. The topological polar surface area (TPSA) is 70.5 Å². The van der Waals surface area contributed by atoms with E-state index in [0.717, 1.165) is 62.4 Å². The second kappa shape index (κ2) is 12.4. The van der Waals surface area contributed by atoms with Crippen molar-refractivity contribution < 1.29 is 4.79 Å². The summed E-state index contributed by atoms with van der Waals surface area (Å²) < 4.78 is 1.74. The Balaban J connectivity index is 0.00000193. The number of aryl methyl sites for hydroxylation is 2. The molecule has 4 rings (SSSR count). The van der Waals surface area contributed by atoms with Gasteiger partial charge in [-0.15, -0.1) is 24.8 Å². The fourth-order valence-corrected chi connectivity index (χ4v) is 4.69. The third-order valence-corrected chi connectivity index (χ3v) is 6.47. The first-order valence-electron chi connectivity index (χ1n) is 11.4. The van der Waals surface area contributed by atoms with Gasteiger partial charge in [-0.3, -0.25) is 14.6 Å². The van der Waals surface area contributed by atoms with Crippen molar-refractivity contribution >= 4 is 36.4 Å². The van der Waals surface area contributed by atoms with Crippen LogP contribution in [0.15, 0.2) is 35.4 Å². The van der Waals surface area contributed by atoms with Crippen molar-refractivity contribution in [2.75, 3.05) is 44.2 Å². The minimum Gasteiger partial charge on any atom is -0.370 e. The van der Waals surface area contributed by atoms with E-state index >= 15 is 0 Å². The number of piperidine rings is 1. The number of pyridine rings is 2. The Bertz CT molecular complexity index is 991. The van der Waals surface area contributed by atoms with Crippen molar-refractivity contribution in [1.29, 1.82) is 0 Å². The lowest BCUT2D eigenvalue weighted by Crippen LogP contribution is -2.41. The molecule has 0 bridgehead atoms. The van der Waals surface area contributed by atoms with Gasteiger partial charge in [-0.2, -0.15) is 0 Å². The summed E-state index contributed by atoms with van der Waals surface area (Å²) in [6, 6.07) is 6.01. The van der Waals surface area contributed by atoms with Crippen LogP contribution in [0.4, 0.5) is 5.69 Å². The summed E-state index contributed by atoms with van der Waals surface area (Å²) in [6.07, 6.45) is 6.81. The summed E-state index contributed by atoms with van der Waals surface area (Å²) in [5, 5.41) is 3.40. The molecule has 33 heavy (non-hydrogen) atoms. The van der Waals surface area contributed by atoms with Crippen LogP contribution in [-0.2, 0) is 6.54 Å². The number of halogens is 2. The Kier molecular flexibility index (Phi) is 10.2. The number of hydrogen-bond acceptors (Lipinski definition) is 5. The van der Waals surface area contributed by atoms with E-state index in [1.54, 1.807) is 4.57 Å². The van der Waals surface area contributed by atoms with Crippen molar-refractivity contribution in [3.63, 3.8) is 0 Å². The molecule has 2 fully saturated rings. The van der Waals surface area contributed by atoms with Crippen molar-refractivity contribution in [3.05, 3.63) is 57.8 Å². The van der Waals surface area contributed by atoms with Gasteiger partial charge in [0.05, 0.1) is 0 Å². The standard InChI is InChI=1S/C24H33N5O2.2ClH/c1-18-7-12-29(17-20-5-3-8-25-16-20)24(31)22(18)23(30)28-11-4-10-27(13-14-28)21-6-9-26-19(2)15-21;;/h6-7,9,12,15,20,25H,3-5,8,10-11,13-14,16-17H2,1-2H3;2*1H. The molecule has 1 amide bonds. The summed E-state index contributed by atoms with van der Waals surface area (Å²) in [5.74, 6) is 0.305. The van der Waals surface area contributed by atoms with Crippen molar-refractivity contribution in [1.82, 2.24) is 19.8 Å². The van der Waals surface area contributed by atoms with Crippen molar-refractivity contribution in [3.8, 4) is 0 Å². The number of aromatic nitrogens is 2. The highest BCUT2D eigenvalue weighted by Crippen LogP contribution is 2.18. The molecule has 2 saturated heterocycles. The Morgan fingerprint density at radius 2 is 1.94 bits per heavy atom. The fourth-order valence-electron chi connectivity index (χ4n) is 4.69. The van der Waals surface area contributed by atoms with Gasteiger partial charge in [0.1, 0.15) is 5.56 Å². The minimum absolute atomic E-state index is 0. The van der Waals surface area contributed by atoms with Gasteiger partial charge >= 0.3 is 0 Å². The number of rotatable bonds is 4. The summed E-state index contributed by atoms with van der Waals surface area (Å²) in [4.78, 5) is 35.1. The number of hydrogen-bond donors (Lipinski definition) is 1. The van der Waals surface area contributed by atoms with Crippen LogP contribution in [0.3, 0.4) is 0 Å². The quantitative estimate of drug-likeness (QED) is 0.705. The molecular weight excluding hydrogens is 461 g/mol. The van der Waals surface area contributed by atoms with E-state index in [-0.39, 0.29) is 36.3 Å². The number of amides is 1. The van der Waals surface area contributed by atoms with E-state index < -0.39 is 0 Å². The van der Waals surface area contributed by atoms with Gasteiger partial charge in [-0.1, -0.05) is 0 Å². The smallest absolute Gasteiger partial charge is 0.263 e. The molecule has 0 radical (unpaired) electrons. The third-order valence-electron chi connectivity index (χ3n) is 6.47. The van der Waals surface area contributed by atoms with Crippen LogP contribution in [0, 0.1) is 19.8 Å². The van der Waals surface area contributed by atoms with Gasteiger partial charge in [-0.05, 0) is 75.9 Å². The van der Waals surface area contributed by atoms with Crippen molar-refractivity contribution in [2.45, 2.75) is 39.7 Å². The first-order chi connectivity index (χ1) is 15.0. The van der Waals surface area contributed by atoms with Gasteiger partial charge in [0, 0.05) is 56.5 Å². The van der Waals surface area contributed by atoms with E-state index in [0.29, 0.717) is 31.1 Å². The van der Waals surface area contributed by atoms with Crippen LogP contribution >= 0.6 is 24.8 Å². The molecule has 4 heterocycles. The number of anilines is 1. The molecule has 0 saturated carbocycles. The monoisotopic (exact) mass is 495 g/mol. The molecule has 9 heteroatoms. The lowest BCUT2D eigenvalue weighted by molar-refractivity contribution is 0.0763. The molecule has 0 aliphatic carbocycles. The molecule has 2 aliphatic rings. The lowest BCUT2D eigenvalue weighted by atomic mass is 9.99. The van der Waals surface area contributed by atoms with E-state index in [1.807, 2.05) is 43.3 Å². The zero-order chi connectivity index (χ0) is 21.8. The van der Waals surface area contributed by atoms with Gasteiger partial charge in [0.15, 0.2) is 0 Å². The molecule has 2 aliphatic heterocycles. The highest BCUT2D eigenvalue weighted by Gasteiger charge is 2.25. The van der Waals surface area contributed by atoms with Crippen LogP contribution in [0.25, 0.3) is 0 Å². The normalized spacial score (nSPS) is 18.7. The molecule has 1 atom stereocenters. The molecule has 1 N–H and O–H groups in total. The second-order valence-electron chi connectivity index (χ2n) is 8.83. The Morgan fingerprint density at radius 3 is 2.67 bits per heavy atom. The molecule has 0 aromatic carbocycles. The zero-order valence-corrected chi connectivity index (χ0v) is 21.1.